The zero-order valence-corrected chi connectivity index (χ0v) is 17.7. The lowest BCUT2D eigenvalue weighted by molar-refractivity contribution is -0.121. The molecule has 0 saturated heterocycles. The predicted molar refractivity (Wildman–Crippen MR) is 113 cm³/mol. The fraction of sp³-hybridized carbons (Fsp3) is 0.409. The number of aromatic nitrogens is 3. The molecule has 2 heterocycles. The second-order valence-corrected chi connectivity index (χ2v) is 7.34. The summed E-state index contributed by atoms with van der Waals surface area (Å²) in [5.74, 6) is 0.644. The molecule has 0 atom stereocenters. The van der Waals surface area contributed by atoms with Gasteiger partial charge in [-0.15, -0.1) is 0 Å². The van der Waals surface area contributed by atoms with Crippen molar-refractivity contribution in [2.24, 2.45) is 0 Å². The Labute approximate surface area is 170 Å². The first-order chi connectivity index (χ1) is 13.9. The molecule has 0 unspecified atom stereocenters. The van der Waals surface area contributed by atoms with Crippen LogP contribution in [0.15, 0.2) is 35.1 Å². The highest BCUT2D eigenvalue weighted by Gasteiger charge is 2.18. The minimum atomic E-state index is -0.180. The summed E-state index contributed by atoms with van der Waals surface area (Å²) in [4.78, 5) is 25.2. The van der Waals surface area contributed by atoms with E-state index in [1.54, 1.807) is 7.11 Å². The molecule has 1 N–H and O–H groups in total. The number of nitrogens with one attached hydrogen (secondary N) is 1. The number of rotatable bonds is 7. The molecule has 3 aromatic rings. The van der Waals surface area contributed by atoms with Gasteiger partial charge in [-0.1, -0.05) is 12.1 Å². The normalized spacial score (nSPS) is 11.2. The van der Waals surface area contributed by atoms with Gasteiger partial charge < -0.3 is 14.6 Å². The molecule has 0 aliphatic rings. The van der Waals surface area contributed by atoms with Gasteiger partial charge in [-0.3, -0.25) is 9.59 Å². The molecule has 154 valence electrons. The topological polar surface area (TPSA) is 77.6 Å². The van der Waals surface area contributed by atoms with E-state index in [4.69, 9.17) is 4.74 Å². The van der Waals surface area contributed by atoms with Crippen LogP contribution in [0.5, 0.6) is 5.75 Å². The molecule has 0 aliphatic carbocycles. The van der Waals surface area contributed by atoms with Crippen LogP contribution in [-0.2, 0) is 17.8 Å². The SMILES string of the molecule is CCn1c(C)c(CCC(=O)NC(C)C)c(=O)n2nc(-c3ccccc3OC)cc12. The highest BCUT2D eigenvalue weighted by Crippen LogP contribution is 2.29. The first-order valence-electron chi connectivity index (χ1n) is 9.92. The highest BCUT2D eigenvalue weighted by molar-refractivity contribution is 5.76. The van der Waals surface area contributed by atoms with Crippen molar-refractivity contribution >= 4 is 11.6 Å². The van der Waals surface area contributed by atoms with Gasteiger partial charge in [0.05, 0.1) is 12.8 Å². The second-order valence-electron chi connectivity index (χ2n) is 7.34. The Balaban J connectivity index is 2.09. The van der Waals surface area contributed by atoms with Crippen LogP contribution in [0.3, 0.4) is 0 Å². The summed E-state index contributed by atoms with van der Waals surface area (Å²) in [6.45, 7) is 8.49. The van der Waals surface area contributed by atoms with Crippen LogP contribution in [0.1, 0.15) is 38.4 Å². The van der Waals surface area contributed by atoms with E-state index in [0.29, 0.717) is 30.0 Å². The monoisotopic (exact) mass is 396 g/mol. The lowest BCUT2D eigenvalue weighted by Gasteiger charge is -2.15. The Bertz CT molecular complexity index is 1100. The smallest absolute Gasteiger partial charge is 0.277 e. The molecule has 0 spiro atoms. The van der Waals surface area contributed by atoms with E-state index in [9.17, 15) is 9.59 Å². The lowest BCUT2D eigenvalue weighted by Crippen LogP contribution is -2.31. The van der Waals surface area contributed by atoms with Crippen LogP contribution in [0, 0.1) is 6.92 Å². The molecule has 1 aromatic carbocycles. The van der Waals surface area contributed by atoms with Gasteiger partial charge in [0.1, 0.15) is 11.4 Å². The largest absolute Gasteiger partial charge is 0.496 e. The number of hydrogen-bond acceptors (Lipinski definition) is 4. The van der Waals surface area contributed by atoms with Crippen LogP contribution in [0.2, 0.25) is 0 Å². The number of para-hydroxylation sites is 1. The Morgan fingerprint density at radius 1 is 1.28 bits per heavy atom. The van der Waals surface area contributed by atoms with Crippen LogP contribution in [-0.4, -0.2) is 33.2 Å². The maximum atomic E-state index is 13.2. The third-order valence-electron chi connectivity index (χ3n) is 5.01. The maximum Gasteiger partial charge on any atom is 0.277 e. The van der Waals surface area contributed by atoms with E-state index in [0.717, 1.165) is 16.9 Å². The molecule has 29 heavy (non-hydrogen) atoms. The summed E-state index contributed by atoms with van der Waals surface area (Å²) in [6.07, 6.45) is 0.646. The number of nitrogens with zero attached hydrogens (tertiary/aromatic N) is 3. The number of carbonyl (C=O) groups is 1. The minimum Gasteiger partial charge on any atom is -0.496 e. The van der Waals surface area contributed by atoms with Gasteiger partial charge in [-0.2, -0.15) is 9.61 Å². The van der Waals surface area contributed by atoms with Gasteiger partial charge in [-0.05, 0) is 46.2 Å². The third kappa shape index (κ3) is 4.04. The van der Waals surface area contributed by atoms with Crippen molar-refractivity contribution in [3.63, 3.8) is 0 Å². The first kappa shape index (κ1) is 20.6. The quantitative estimate of drug-likeness (QED) is 0.666. The molecular weight excluding hydrogens is 368 g/mol. The summed E-state index contributed by atoms with van der Waals surface area (Å²) < 4.78 is 8.94. The van der Waals surface area contributed by atoms with E-state index >= 15 is 0 Å². The van der Waals surface area contributed by atoms with Gasteiger partial charge in [0.15, 0.2) is 0 Å². The van der Waals surface area contributed by atoms with E-state index in [1.165, 1.54) is 4.52 Å². The van der Waals surface area contributed by atoms with Crippen molar-refractivity contribution in [1.82, 2.24) is 19.5 Å². The van der Waals surface area contributed by atoms with Crippen LogP contribution in [0.4, 0.5) is 0 Å². The zero-order chi connectivity index (χ0) is 21.1. The molecule has 1 amide bonds. The molecule has 0 aliphatic heterocycles. The first-order valence-corrected chi connectivity index (χ1v) is 9.92. The minimum absolute atomic E-state index is 0.0582. The van der Waals surface area contributed by atoms with Gasteiger partial charge in [-0.25, -0.2) is 0 Å². The van der Waals surface area contributed by atoms with Gasteiger partial charge >= 0.3 is 0 Å². The van der Waals surface area contributed by atoms with Crippen molar-refractivity contribution in [2.45, 2.75) is 53.1 Å². The summed E-state index contributed by atoms with van der Waals surface area (Å²) in [5, 5.41) is 7.45. The van der Waals surface area contributed by atoms with E-state index in [-0.39, 0.29) is 23.9 Å². The highest BCUT2D eigenvalue weighted by atomic mass is 16.5. The second kappa shape index (κ2) is 8.51. The van der Waals surface area contributed by atoms with Crippen LogP contribution in [0.25, 0.3) is 16.9 Å². The fourth-order valence-corrected chi connectivity index (χ4v) is 3.64. The molecular formula is C22H28N4O3. The van der Waals surface area contributed by atoms with Crippen molar-refractivity contribution in [3.8, 4) is 17.0 Å². The molecule has 0 fully saturated rings. The zero-order valence-electron chi connectivity index (χ0n) is 17.7. The number of carbonyl (C=O) groups excluding carboxylic acids is 1. The van der Waals surface area contributed by atoms with Crippen molar-refractivity contribution in [1.29, 1.82) is 0 Å². The Kier molecular flexibility index (Phi) is 6.06. The standard InChI is InChI=1S/C22H28N4O3/c1-6-25-15(4)16(11-12-20(27)23-14(2)3)22(28)26-21(25)13-18(24-26)17-9-7-8-10-19(17)29-5/h7-10,13-14H,6,11-12H2,1-5H3,(H,23,27). The third-order valence-corrected chi connectivity index (χ3v) is 5.01. The average Bonchev–Trinajstić information content (AvgIpc) is 3.13. The average molecular weight is 396 g/mol. The van der Waals surface area contributed by atoms with Crippen molar-refractivity contribution < 1.29 is 9.53 Å². The number of aryl methyl sites for hydroxylation is 1. The van der Waals surface area contributed by atoms with Crippen LogP contribution >= 0.6 is 0 Å². The summed E-state index contributed by atoms with van der Waals surface area (Å²) in [6, 6.07) is 9.59. The molecule has 0 saturated carbocycles. The molecule has 0 bridgehead atoms. The number of fused-ring (bicyclic) bond motifs is 1. The molecule has 3 rings (SSSR count). The number of ether oxygens (including phenoxy) is 1. The van der Waals surface area contributed by atoms with Crippen molar-refractivity contribution in [3.05, 3.63) is 51.9 Å². The molecule has 2 aromatic heterocycles. The predicted octanol–water partition coefficient (Wildman–Crippen LogP) is 2.96. The van der Waals surface area contributed by atoms with Gasteiger partial charge in [0.2, 0.25) is 5.91 Å². The Morgan fingerprint density at radius 3 is 2.66 bits per heavy atom. The van der Waals surface area contributed by atoms with Gasteiger partial charge in [0, 0.05) is 41.9 Å². The Hall–Kier alpha value is -3.09. The van der Waals surface area contributed by atoms with Gasteiger partial charge in [0.25, 0.3) is 5.56 Å². The number of methoxy groups -OCH3 is 1. The summed E-state index contributed by atoms with van der Waals surface area (Å²) >= 11 is 0. The van der Waals surface area contributed by atoms with E-state index in [2.05, 4.69) is 15.0 Å². The number of hydrogen-bond donors (Lipinski definition) is 1. The lowest BCUT2D eigenvalue weighted by atomic mass is 10.1. The molecule has 7 nitrogen and oxygen atoms in total. The fourth-order valence-electron chi connectivity index (χ4n) is 3.64. The summed E-state index contributed by atoms with van der Waals surface area (Å²) in [5.41, 5.74) is 3.54. The number of amides is 1. The van der Waals surface area contributed by atoms with Crippen LogP contribution < -0.4 is 15.6 Å². The molecule has 7 heteroatoms. The van der Waals surface area contributed by atoms with Crippen molar-refractivity contribution in [2.75, 3.05) is 7.11 Å². The number of benzene rings is 1. The van der Waals surface area contributed by atoms with E-state index < -0.39 is 0 Å². The Morgan fingerprint density at radius 2 is 2.00 bits per heavy atom. The maximum absolute atomic E-state index is 13.2. The summed E-state index contributed by atoms with van der Waals surface area (Å²) in [7, 11) is 1.62. The molecule has 0 radical (unpaired) electrons. The van der Waals surface area contributed by atoms with E-state index in [1.807, 2.05) is 58.0 Å².